The number of amides is 2. The van der Waals surface area contributed by atoms with E-state index in [2.05, 4.69) is 15.3 Å². The molecule has 1 atom stereocenters. The van der Waals surface area contributed by atoms with Gasteiger partial charge in [0.15, 0.2) is 0 Å². The molecule has 0 bridgehead atoms. The van der Waals surface area contributed by atoms with Gasteiger partial charge in [-0.1, -0.05) is 12.1 Å². The molecule has 0 spiro atoms. The van der Waals surface area contributed by atoms with Crippen molar-refractivity contribution < 1.29 is 23.5 Å². The summed E-state index contributed by atoms with van der Waals surface area (Å²) in [5, 5.41) is 2.36. The zero-order valence-corrected chi connectivity index (χ0v) is 15.6. The van der Waals surface area contributed by atoms with Crippen molar-refractivity contribution in [2.24, 2.45) is 11.7 Å². The fourth-order valence-electron chi connectivity index (χ4n) is 2.86. The Hall–Kier alpha value is -3.23. The molecule has 4 rings (SSSR count). The van der Waals surface area contributed by atoms with Gasteiger partial charge >= 0.3 is 6.09 Å². The van der Waals surface area contributed by atoms with E-state index in [0.29, 0.717) is 29.9 Å². The number of aromatic nitrogens is 2. The first-order chi connectivity index (χ1) is 14.0. The summed E-state index contributed by atoms with van der Waals surface area (Å²) in [6.45, 7) is 0.568. The average molecular weight is 400 g/mol. The van der Waals surface area contributed by atoms with Crippen molar-refractivity contribution in [3.63, 3.8) is 0 Å². The smallest absolute Gasteiger partial charge is 0.414 e. The van der Waals surface area contributed by atoms with Crippen LogP contribution in [-0.2, 0) is 4.79 Å². The molecule has 2 aliphatic rings. The van der Waals surface area contributed by atoms with Crippen molar-refractivity contribution in [3.05, 3.63) is 47.5 Å². The normalized spacial score (nSPS) is 16.7. The zero-order valence-electron chi connectivity index (χ0n) is 15.6. The number of ether oxygens (including phenoxy) is 2. The van der Waals surface area contributed by atoms with E-state index in [0.717, 1.165) is 31.4 Å². The fraction of sp³-hybridized carbons (Fsp3) is 0.400. The summed E-state index contributed by atoms with van der Waals surface area (Å²) in [4.78, 5) is 32.6. The Morgan fingerprint density at radius 3 is 2.55 bits per heavy atom. The van der Waals surface area contributed by atoms with Gasteiger partial charge in [0.25, 0.3) is 0 Å². The molecular formula is C20H21FN4O4. The number of hydrogen-bond acceptors (Lipinski definition) is 6. The van der Waals surface area contributed by atoms with E-state index in [9.17, 15) is 14.0 Å². The minimum atomic E-state index is -1.17. The largest absolute Gasteiger partial charge is 0.476 e. The lowest BCUT2D eigenvalue weighted by Crippen LogP contribution is -2.39. The lowest BCUT2D eigenvalue weighted by Gasteiger charge is -2.16. The van der Waals surface area contributed by atoms with Gasteiger partial charge in [0.05, 0.1) is 12.8 Å². The van der Waals surface area contributed by atoms with Crippen LogP contribution in [-0.4, -0.2) is 28.6 Å². The zero-order chi connectivity index (χ0) is 20.4. The highest BCUT2D eigenvalue weighted by molar-refractivity contribution is 5.85. The van der Waals surface area contributed by atoms with Crippen molar-refractivity contribution >= 4 is 12.0 Å². The molecule has 8 nitrogen and oxygen atoms in total. The predicted octanol–water partition coefficient (Wildman–Crippen LogP) is 2.60. The SMILES string of the molecule is NC(=O)[C@@H](NC(=O)Oc1cnc(C2CC2)c(OCC2CC2)n1)c1ccc(F)cc1. The minimum absolute atomic E-state index is 0.0416. The number of halogens is 1. The Morgan fingerprint density at radius 2 is 1.93 bits per heavy atom. The Labute approximate surface area is 166 Å². The highest BCUT2D eigenvalue weighted by atomic mass is 19.1. The Morgan fingerprint density at radius 1 is 1.21 bits per heavy atom. The van der Waals surface area contributed by atoms with Crippen LogP contribution in [0.15, 0.2) is 30.5 Å². The first-order valence-corrected chi connectivity index (χ1v) is 9.52. The highest BCUT2D eigenvalue weighted by Crippen LogP contribution is 2.43. The van der Waals surface area contributed by atoms with Gasteiger partial charge in [-0.05, 0) is 49.3 Å². The van der Waals surface area contributed by atoms with Gasteiger partial charge in [-0.3, -0.25) is 4.79 Å². The molecule has 0 radical (unpaired) electrons. The predicted molar refractivity (Wildman–Crippen MR) is 99.7 cm³/mol. The maximum absolute atomic E-state index is 13.1. The van der Waals surface area contributed by atoms with Crippen LogP contribution < -0.4 is 20.5 Å². The molecule has 3 N–H and O–H groups in total. The van der Waals surface area contributed by atoms with Crippen LogP contribution in [0.1, 0.15) is 48.9 Å². The van der Waals surface area contributed by atoms with Crippen LogP contribution in [0.5, 0.6) is 11.8 Å². The number of carbonyl (C=O) groups is 2. The second-order valence-corrected chi connectivity index (χ2v) is 7.35. The summed E-state index contributed by atoms with van der Waals surface area (Å²) in [5.74, 6) is -0.0581. The first-order valence-electron chi connectivity index (χ1n) is 9.52. The van der Waals surface area contributed by atoms with Crippen LogP contribution in [0.3, 0.4) is 0 Å². The van der Waals surface area contributed by atoms with Crippen molar-refractivity contribution in [3.8, 4) is 11.8 Å². The van der Waals surface area contributed by atoms with Gasteiger partial charge in [-0.15, -0.1) is 0 Å². The van der Waals surface area contributed by atoms with Crippen LogP contribution >= 0.6 is 0 Å². The molecule has 0 aliphatic heterocycles. The molecule has 0 unspecified atom stereocenters. The van der Waals surface area contributed by atoms with Gasteiger partial charge in [-0.25, -0.2) is 14.2 Å². The van der Waals surface area contributed by atoms with E-state index in [4.69, 9.17) is 15.2 Å². The lowest BCUT2D eigenvalue weighted by atomic mass is 10.1. The van der Waals surface area contributed by atoms with Gasteiger partial charge in [-0.2, -0.15) is 4.98 Å². The first kappa shape index (κ1) is 19.1. The molecule has 1 heterocycles. The maximum Gasteiger partial charge on any atom is 0.414 e. The summed E-state index contributed by atoms with van der Waals surface area (Å²) >= 11 is 0. The summed E-state index contributed by atoms with van der Waals surface area (Å²) in [5.41, 5.74) is 6.47. The lowest BCUT2D eigenvalue weighted by molar-refractivity contribution is -0.120. The van der Waals surface area contributed by atoms with Crippen LogP contribution in [0.4, 0.5) is 9.18 Å². The molecule has 1 aromatic carbocycles. The summed E-state index contributed by atoms with van der Waals surface area (Å²) < 4.78 is 24.1. The third-order valence-corrected chi connectivity index (χ3v) is 4.81. The quantitative estimate of drug-likeness (QED) is 0.704. The van der Waals surface area contributed by atoms with E-state index in [1.54, 1.807) is 0 Å². The Kier molecular flexibility index (Phi) is 5.28. The number of nitrogens with two attached hydrogens (primary N) is 1. The molecule has 0 saturated heterocycles. The number of rotatable bonds is 8. The van der Waals surface area contributed by atoms with Crippen molar-refractivity contribution in [1.29, 1.82) is 0 Å². The van der Waals surface area contributed by atoms with Crippen molar-refractivity contribution in [2.45, 2.75) is 37.6 Å². The van der Waals surface area contributed by atoms with E-state index >= 15 is 0 Å². The molecule has 152 valence electrons. The monoisotopic (exact) mass is 400 g/mol. The third-order valence-electron chi connectivity index (χ3n) is 4.81. The fourth-order valence-corrected chi connectivity index (χ4v) is 2.86. The summed E-state index contributed by atoms with van der Waals surface area (Å²) in [6.07, 6.45) is 4.78. The summed E-state index contributed by atoms with van der Waals surface area (Å²) in [6, 6.07) is 3.89. The van der Waals surface area contributed by atoms with E-state index in [1.807, 2.05) is 0 Å². The average Bonchev–Trinajstić information content (AvgIpc) is 3.59. The Balaban J connectivity index is 1.44. The second-order valence-electron chi connectivity index (χ2n) is 7.35. The molecule has 2 aliphatic carbocycles. The van der Waals surface area contributed by atoms with Crippen molar-refractivity contribution in [2.75, 3.05) is 6.61 Å². The van der Waals surface area contributed by atoms with Gasteiger partial charge in [0.2, 0.25) is 17.7 Å². The number of nitrogens with one attached hydrogen (secondary N) is 1. The number of benzene rings is 1. The molecular weight excluding hydrogens is 379 g/mol. The van der Waals surface area contributed by atoms with E-state index < -0.39 is 23.9 Å². The van der Waals surface area contributed by atoms with E-state index in [1.165, 1.54) is 30.5 Å². The Bertz CT molecular complexity index is 913. The van der Waals surface area contributed by atoms with Crippen LogP contribution in [0, 0.1) is 11.7 Å². The molecule has 2 amide bonds. The molecule has 2 saturated carbocycles. The number of hydrogen-bond donors (Lipinski definition) is 2. The van der Waals surface area contributed by atoms with Gasteiger partial charge in [0.1, 0.15) is 17.6 Å². The van der Waals surface area contributed by atoms with Crippen molar-refractivity contribution in [1.82, 2.24) is 15.3 Å². The number of primary amides is 1. The van der Waals surface area contributed by atoms with Gasteiger partial charge < -0.3 is 20.5 Å². The molecule has 2 aromatic rings. The highest BCUT2D eigenvalue weighted by Gasteiger charge is 2.31. The molecule has 29 heavy (non-hydrogen) atoms. The number of carbonyl (C=O) groups excluding carboxylic acids is 2. The van der Waals surface area contributed by atoms with E-state index in [-0.39, 0.29) is 5.88 Å². The second kappa shape index (κ2) is 8.02. The standard InChI is InChI=1S/C20H21FN4O4/c21-14-7-5-12(6-8-14)16(18(22)26)25-20(27)29-15-9-23-17(13-3-4-13)19(24-15)28-10-11-1-2-11/h5-9,11,13,16H,1-4,10H2,(H2,22,26)(H,25,27)/t16-/m0/s1. The molecule has 9 heteroatoms. The molecule has 2 fully saturated rings. The summed E-state index contributed by atoms with van der Waals surface area (Å²) in [7, 11) is 0. The molecule has 1 aromatic heterocycles. The topological polar surface area (TPSA) is 116 Å². The van der Waals surface area contributed by atoms with Gasteiger partial charge in [0, 0.05) is 5.92 Å². The minimum Gasteiger partial charge on any atom is -0.476 e. The maximum atomic E-state index is 13.1. The van der Waals surface area contributed by atoms with Crippen LogP contribution in [0.2, 0.25) is 0 Å². The third kappa shape index (κ3) is 4.98. The van der Waals surface area contributed by atoms with Crippen LogP contribution in [0.25, 0.3) is 0 Å². The number of nitrogens with zero attached hydrogens (tertiary/aromatic N) is 2.